The fourth-order valence-corrected chi connectivity index (χ4v) is 3.03. The van der Waals surface area contributed by atoms with E-state index in [4.69, 9.17) is 21.1 Å². The van der Waals surface area contributed by atoms with E-state index in [1.807, 2.05) is 26.8 Å². The number of nitrogens with zero attached hydrogens (tertiary/aromatic N) is 1. The molecule has 0 aromatic heterocycles. The molecule has 1 unspecified atom stereocenters. The van der Waals surface area contributed by atoms with Crippen molar-refractivity contribution in [1.29, 1.82) is 0 Å². The third-order valence-electron chi connectivity index (χ3n) is 3.92. The van der Waals surface area contributed by atoms with Crippen LogP contribution >= 0.6 is 11.6 Å². The fourth-order valence-electron chi connectivity index (χ4n) is 2.74. The molecule has 6 nitrogen and oxygen atoms in total. The molecule has 0 bridgehead atoms. The number of hydrogen-bond acceptors (Lipinski definition) is 5. The summed E-state index contributed by atoms with van der Waals surface area (Å²) in [6.07, 6.45) is 0.426. The van der Waals surface area contributed by atoms with Gasteiger partial charge in [0, 0.05) is 17.2 Å². The lowest BCUT2D eigenvalue weighted by Crippen LogP contribution is -2.21. The molecule has 27 heavy (non-hydrogen) atoms. The standard InChI is InChI=1S/C20H22ClNO5/c1-20(2,3)12-15(19(23)26-4)14-10-17(22(24)25)18(11-16(14)21)27-13-8-6-5-7-9-13/h5-11,15H,12H2,1-4H3. The average Bonchev–Trinajstić information content (AvgIpc) is 2.59. The summed E-state index contributed by atoms with van der Waals surface area (Å²) in [5, 5.41) is 11.8. The highest BCUT2D eigenvalue weighted by Crippen LogP contribution is 2.42. The van der Waals surface area contributed by atoms with Gasteiger partial charge in [-0.3, -0.25) is 14.9 Å². The van der Waals surface area contributed by atoms with Crippen LogP contribution in [0.25, 0.3) is 0 Å². The third-order valence-corrected chi connectivity index (χ3v) is 4.25. The second kappa shape index (κ2) is 8.39. The van der Waals surface area contributed by atoms with E-state index < -0.39 is 16.8 Å². The van der Waals surface area contributed by atoms with Crippen LogP contribution in [0.2, 0.25) is 5.02 Å². The first-order valence-electron chi connectivity index (χ1n) is 8.41. The normalized spacial score (nSPS) is 12.3. The molecule has 0 heterocycles. The molecule has 0 amide bonds. The van der Waals surface area contributed by atoms with Gasteiger partial charge in [0.2, 0.25) is 5.75 Å². The molecule has 1 atom stereocenters. The lowest BCUT2D eigenvalue weighted by molar-refractivity contribution is -0.385. The number of halogens is 1. The summed E-state index contributed by atoms with van der Waals surface area (Å²) in [5.74, 6) is -0.743. The van der Waals surface area contributed by atoms with Gasteiger partial charge in [0.15, 0.2) is 0 Å². The summed E-state index contributed by atoms with van der Waals surface area (Å²) in [7, 11) is 1.28. The van der Waals surface area contributed by atoms with Crippen molar-refractivity contribution in [2.75, 3.05) is 7.11 Å². The van der Waals surface area contributed by atoms with Crippen molar-refractivity contribution < 1.29 is 19.2 Å². The van der Waals surface area contributed by atoms with Gasteiger partial charge in [0.1, 0.15) is 5.75 Å². The first-order chi connectivity index (χ1) is 12.6. The van der Waals surface area contributed by atoms with E-state index >= 15 is 0 Å². The van der Waals surface area contributed by atoms with Crippen molar-refractivity contribution in [1.82, 2.24) is 0 Å². The van der Waals surface area contributed by atoms with Crippen molar-refractivity contribution >= 4 is 23.3 Å². The maximum Gasteiger partial charge on any atom is 0.313 e. The van der Waals surface area contributed by atoms with Crippen LogP contribution in [0.4, 0.5) is 5.69 Å². The first-order valence-corrected chi connectivity index (χ1v) is 8.78. The monoisotopic (exact) mass is 391 g/mol. The Hall–Kier alpha value is -2.60. The molecule has 0 aliphatic carbocycles. The summed E-state index contributed by atoms with van der Waals surface area (Å²) in [6, 6.07) is 11.4. The maximum atomic E-state index is 12.3. The molecule has 0 aliphatic rings. The minimum absolute atomic E-state index is 0.0133. The Morgan fingerprint density at radius 2 is 1.85 bits per heavy atom. The number of rotatable bonds is 6. The Kier molecular flexibility index (Phi) is 6.44. The topological polar surface area (TPSA) is 78.7 Å². The van der Waals surface area contributed by atoms with Crippen LogP contribution in [0.15, 0.2) is 42.5 Å². The number of carbonyl (C=O) groups excluding carboxylic acids is 1. The van der Waals surface area contributed by atoms with Crippen molar-refractivity contribution in [2.45, 2.75) is 33.1 Å². The summed E-state index contributed by atoms with van der Waals surface area (Å²) < 4.78 is 10.5. The van der Waals surface area contributed by atoms with Crippen LogP contribution in [0.3, 0.4) is 0 Å². The van der Waals surface area contributed by atoms with Crippen molar-refractivity contribution in [3.63, 3.8) is 0 Å². The SMILES string of the molecule is COC(=O)C(CC(C)(C)C)c1cc([N+](=O)[O-])c(Oc2ccccc2)cc1Cl. The number of hydrogen-bond donors (Lipinski definition) is 0. The van der Waals surface area contributed by atoms with Gasteiger partial charge in [0.25, 0.3) is 0 Å². The second-order valence-electron chi connectivity index (χ2n) is 7.35. The zero-order chi connectivity index (χ0) is 20.2. The van der Waals surface area contributed by atoms with E-state index in [0.717, 1.165) is 0 Å². The highest BCUT2D eigenvalue weighted by Gasteiger charge is 2.32. The molecular weight excluding hydrogens is 370 g/mol. The Balaban J connectivity index is 2.52. The van der Waals surface area contributed by atoms with Crippen molar-refractivity contribution in [3.8, 4) is 11.5 Å². The number of ether oxygens (including phenoxy) is 2. The van der Waals surface area contributed by atoms with E-state index in [1.54, 1.807) is 24.3 Å². The van der Waals surface area contributed by atoms with Crippen LogP contribution in [-0.2, 0) is 9.53 Å². The van der Waals surface area contributed by atoms with Crippen molar-refractivity contribution in [3.05, 3.63) is 63.2 Å². The number of nitro groups is 1. The van der Waals surface area contributed by atoms with Crippen molar-refractivity contribution in [2.24, 2.45) is 5.41 Å². The first kappa shape index (κ1) is 20.7. The summed E-state index contributed by atoms with van der Waals surface area (Å²) in [5.41, 5.74) is -0.123. The van der Waals surface area contributed by atoms with Gasteiger partial charge in [0.05, 0.1) is 18.0 Å². The molecule has 144 valence electrons. The Bertz CT molecular complexity index is 830. The number of carbonyl (C=O) groups is 1. The Morgan fingerprint density at radius 3 is 2.37 bits per heavy atom. The van der Waals surface area contributed by atoms with E-state index in [-0.39, 0.29) is 21.9 Å². The quantitative estimate of drug-likeness (QED) is 0.356. The second-order valence-corrected chi connectivity index (χ2v) is 7.76. The number of nitro benzene ring substituents is 1. The largest absolute Gasteiger partial charge is 0.469 e. The predicted molar refractivity (Wildman–Crippen MR) is 103 cm³/mol. The van der Waals surface area contributed by atoms with Crippen LogP contribution in [0, 0.1) is 15.5 Å². The van der Waals surface area contributed by atoms with Crippen LogP contribution < -0.4 is 4.74 Å². The van der Waals surface area contributed by atoms with E-state index in [2.05, 4.69) is 0 Å². The number of methoxy groups -OCH3 is 1. The minimum Gasteiger partial charge on any atom is -0.469 e. The van der Waals surface area contributed by atoms with Crippen LogP contribution in [0.1, 0.15) is 38.7 Å². The van der Waals surface area contributed by atoms with Gasteiger partial charge in [-0.15, -0.1) is 0 Å². The fraction of sp³-hybridized carbons (Fsp3) is 0.350. The molecule has 2 rings (SSSR count). The molecule has 7 heteroatoms. The summed E-state index contributed by atoms with van der Waals surface area (Å²) >= 11 is 6.39. The van der Waals surface area contributed by atoms with Crippen LogP contribution in [-0.4, -0.2) is 18.0 Å². The van der Waals surface area contributed by atoms with Gasteiger partial charge in [-0.05, 0) is 29.5 Å². The lowest BCUT2D eigenvalue weighted by Gasteiger charge is -2.25. The average molecular weight is 392 g/mol. The number of para-hydroxylation sites is 1. The number of esters is 1. The molecule has 0 spiro atoms. The Labute approximate surface area is 163 Å². The van der Waals surface area contributed by atoms with Gasteiger partial charge >= 0.3 is 11.7 Å². The van der Waals surface area contributed by atoms with E-state index in [9.17, 15) is 14.9 Å². The zero-order valence-corrected chi connectivity index (χ0v) is 16.4. The highest BCUT2D eigenvalue weighted by atomic mass is 35.5. The third kappa shape index (κ3) is 5.44. The molecule has 0 N–H and O–H groups in total. The van der Waals surface area contributed by atoms with Gasteiger partial charge in [-0.1, -0.05) is 50.6 Å². The molecule has 0 saturated heterocycles. The van der Waals surface area contributed by atoms with Gasteiger partial charge < -0.3 is 9.47 Å². The molecule has 0 radical (unpaired) electrons. The minimum atomic E-state index is -0.716. The molecule has 0 saturated carbocycles. The summed E-state index contributed by atoms with van der Waals surface area (Å²) in [6.45, 7) is 5.91. The number of benzene rings is 2. The molecule has 0 aliphatic heterocycles. The molecule has 2 aromatic carbocycles. The predicted octanol–water partition coefficient (Wildman–Crippen LogP) is 5.73. The molecular formula is C20H22ClNO5. The van der Waals surface area contributed by atoms with E-state index in [0.29, 0.717) is 17.7 Å². The molecule has 0 fully saturated rings. The molecule has 2 aromatic rings. The lowest BCUT2D eigenvalue weighted by atomic mass is 9.81. The Morgan fingerprint density at radius 1 is 1.22 bits per heavy atom. The van der Waals surface area contributed by atoms with E-state index in [1.165, 1.54) is 19.2 Å². The zero-order valence-electron chi connectivity index (χ0n) is 15.7. The highest BCUT2D eigenvalue weighted by molar-refractivity contribution is 6.32. The maximum absolute atomic E-state index is 12.3. The van der Waals surface area contributed by atoms with Gasteiger partial charge in [-0.25, -0.2) is 0 Å². The van der Waals surface area contributed by atoms with Gasteiger partial charge in [-0.2, -0.15) is 0 Å². The summed E-state index contributed by atoms with van der Waals surface area (Å²) in [4.78, 5) is 23.4. The van der Waals surface area contributed by atoms with Crippen LogP contribution in [0.5, 0.6) is 11.5 Å². The smallest absolute Gasteiger partial charge is 0.313 e.